The van der Waals surface area contributed by atoms with Crippen LogP contribution < -0.4 is 10.6 Å². The molecule has 1 amide bonds. The molecule has 3 aromatic rings. The van der Waals surface area contributed by atoms with Crippen LogP contribution in [0.25, 0.3) is 0 Å². The van der Waals surface area contributed by atoms with Gasteiger partial charge < -0.3 is 10.6 Å². The third-order valence-electron chi connectivity index (χ3n) is 4.70. The molecule has 0 unspecified atom stereocenters. The highest BCUT2D eigenvalue weighted by Gasteiger charge is 2.46. The van der Waals surface area contributed by atoms with E-state index in [1.807, 2.05) is 0 Å². The zero-order valence-electron chi connectivity index (χ0n) is 15.1. The van der Waals surface area contributed by atoms with E-state index in [0.29, 0.717) is 5.56 Å². The maximum absolute atomic E-state index is 13.7. The lowest BCUT2D eigenvalue weighted by atomic mass is 9.97. The number of carbonyl (C=O) groups is 1. The van der Waals surface area contributed by atoms with Gasteiger partial charge >= 0.3 is 6.18 Å². The number of benzene rings is 1. The molecule has 4 rings (SSSR count). The normalized spacial score (nSPS) is 18.4. The van der Waals surface area contributed by atoms with Crippen molar-refractivity contribution in [2.24, 2.45) is 0 Å². The van der Waals surface area contributed by atoms with Gasteiger partial charge in [-0.15, -0.1) is 0 Å². The van der Waals surface area contributed by atoms with Crippen LogP contribution in [0.15, 0.2) is 48.7 Å². The fourth-order valence-electron chi connectivity index (χ4n) is 3.26. The molecule has 0 bridgehead atoms. The highest BCUT2D eigenvalue weighted by Crippen LogP contribution is 2.43. The summed E-state index contributed by atoms with van der Waals surface area (Å²) < 4.78 is 55.1. The van der Waals surface area contributed by atoms with Crippen molar-refractivity contribution in [1.82, 2.24) is 14.8 Å². The summed E-state index contributed by atoms with van der Waals surface area (Å²) in [5.74, 6) is -1.19. The standard InChI is InChI=1S/C19H14ClF4N5O/c20-17-12(2-1-7-25-17)27-18(30)14-9-16-26-13(10-3-5-11(21)6-4-10)8-15(19(22,23)24)29(16)28-14/h1-7,9,13,15,26H,8H2,(H,27,30)/t13-,15-/m0/s1. The van der Waals surface area contributed by atoms with Gasteiger partial charge in [-0.05, 0) is 29.8 Å². The summed E-state index contributed by atoms with van der Waals surface area (Å²) in [6.07, 6.45) is -3.53. The van der Waals surface area contributed by atoms with Crippen LogP contribution in [-0.2, 0) is 0 Å². The number of amides is 1. The fraction of sp³-hybridized carbons (Fsp3) is 0.211. The summed E-state index contributed by atoms with van der Waals surface area (Å²) in [6.45, 7) is 0. The predicted molar refractivity (Wildman–Crippen MR) is 102 cm³/mol. The van der Waals surface area contributed by atoms with Gasteiger partial charge in [0, 0.05) is 18.7 Å². The Morgan fingerprint density at radius 1 is 1.23 bits per heavy atom. The number of halogens is 5. The largest absolute Gasteiger partial charge is 0.410 e. The van der Waals surface area contributed by atoms with E-state index in [1.165, 1.54) is 42.6 Å². The SMILES string of the molecule is O=C(Nc1cccnc1Cl)c1cc2n(n1)[C@H](C(F)(F)F)C[C@@H](c1ccc(F)cc1)N2. The zero-order valence-corrected chi connectivity index (χ0v) is 15.9. The van der Waals surface area contributed by atoms with Gasteiger partial charge in [0.25, 0.3) is 5.91 Å². The molecule has 6 nitrogen and oxygen atoms in total. The lowest BCUT2D eigenvalue weighted by molar-refractivity contribution is -0.173. The molecule has 156 valence electrons. The van der Waals surface area contributed by atoms with Crippen LogP contribution in [0.2, 0.25) is 5.15 Å². The molecule has 11 heteroatoms. The van der Waals surface area contributed by atoms with Crippen LogP contribution in [0, 0.1) is 5.82 Å². The van der Waals surface area contributed by atoms with Gasteiger partial charge in [0.15, 0.2) is 16.9 Å². The van der Waals surface area contributed by atoms with E-state index >= 15 is 0 Å². The average molecular weight is 440 g/mol. The van der Waals surface area contributed by atoms with Crippen molar-refractivity contribution in [2.75, 3.05) is 10.6 Å². The zero-order chi connectivity index (χ0) is 21.5. The number of hydrogen-bond donors (Lipinski definition) is 2. The number of nitrogens with one attached hydrogen (secondary N) is 2. The second kappa shape index (κ2) is 7.60. The van der Waals surface area contributed by atoms with Gasteiger partial charge in [-0.1, -0.05) is 23.7 Å². The first-order valence-electron chi connectivity index (χ1n) is 8.82. The van der Waals surface area contributed by atoms with Gasteiger partial charge in [0.05, 0.1) is 11.7 Å². The van der Waals surface area contributed by atoms with E-state index in [1.54, 1.807) is 6.07 Å². The second-order valence-electron chi connectivity index (χ2n) is 6.70. The van der Waals surface area contributed by atoms with E-state index in [0.717, 1.165) is 4.68 Å². The molecule has 0 saturated heterocycles. The Morgan fingerprint density at radius 2 is 1.97 bits per heavy atom. The molecule has 2 atom stereocenters. The lowest BCUT2D eigenvalue weighted by Crippen LogP contribution is -2.35. The highest BCUT2D eigenvalue weighted by molar-refractivity contribution is 6.32. The number of rotatable bonds is 3. The van der Waals surface area contributed by atoms with Crippen molar-refractivity contribution < 1.29 is 22.4 Å². The number of nitrogens with zero attached hydrogens (tertiary/aromatic N) is 3. The summed E-state index contributed by atoms with van der Waals surface area (Å²) in [6, 6.07) is 6.81. The Hall–Kier alpha value is -3.14. The average Bonchev–Trinajstić information content (AvgIpc) is 3.13. The number of anilines is 2. The topological polar surface area (TPSA) is 71.8 Å². The van der Waals surface area contributed by atoms with Crippen molar-refractivity contribution in [3.05, 3.63) is 70.9 Å². The molecular weight excluding hydrogens is 426 g/mol. The molecule has 30 heavy (non-hydrogen) atoms. The van der Waals surface area contributed by atoms with E-state index in [9.17, 15) is 22.4 Å². The Kier molecular flexibility index (Phi) is 5.10. The summed E-state index contributed by atoms with van der Waals surface area (Å²) in [5, 5.41) is 9.33. The van der Waals surface area contributed by atoms with E-state index in [-0.39, 0.29) is 28.8 Å². The Morgan fingerprint density at radius 3 is 2.63 bits per heavy atom. The predicted octanol–water partition coefficient (Wildman–Crippen LogP) is 4.98. The monoisotopic (exact) mass is 439 g/mol. The number of hydrogen-bond acceptors (Lipinski definition) is 4. The van der Waals surface area contributed by atoms with Crippen LogP contribution in [0.1, 0.15) is 34.6 Å². The molecule has 0 saturated carbocycles. The third kappa shape index (κ3) is 3.95. The van der Waals surface area contributed by atoms with Crippen LogP contribution >= 0.6 is 11.6 Å². The summed E-state index contributed by atoms with van der Waals surface area (Å²) in [4.78, 5) is 16.3. The molecule has 2 aromatic heterocycles. The summed E-state index contributed by atoms with van der Waals surface area (Å²) in [5.41, 5.74) is 0.484. The smallest absolute Gasteiger partial charge is 0.363 e. The van der Waals surface area contributed by atoms with Gasteiger partial charge in [0.1, 0.15) is 11.6 Å². The lowest BCUT2D eigenvalue weighted by Gasteiger charge is -2.33. The Labute approximate surface area is 172 Å². The van der Waals surface area contributed by atoms with Gasteiger partial charge in [-0.25, -0.2) is 14.1 Å². The van der Waals surface area contributed by atoms with Crippen LogP contribution in [0.3, 0.4) is 0 Å². The quantitative estimate of drug-likeness (QED) is 0.446. The van der Waals surface area contributed by atoms with Crippen molar-refractivity contribution in [3.63, 3.8) is 0 Å². The molecule has 2 N–H and O–H groups in total. The molecule has 1 aromatic carbocycles. The number of pyridine rings is 1. The Bertz CT molecular complexity index is 1080. The number of carbonyl (C=O) groups excluding carboxylic acids is 1. The molecule has 3 heterocycles. The van der Waals surface area contributed by atoms with Crippen LogP contribution in [0.5, 0.6) is 0 Å². The molecule has 0 spiro atoms. The summed E-state index contributed by atoms with van der Waals surface area (Å²) >= 11 is 5.90. The number of fused-ring (bicyclic) bond motifs is 1. The van der Waals surface area contributed by atoms with E-state index in [4.69, 9.17) is 11.6 Å². The first-order valence-corrected chi connectivity index (χ1v) is 9.20. The van der Waals surface area contributed by atoms with Crippen molar-refractivity contribution in [1.29, 1.82) is 0 Å². The highest BCUT2D eigenvalue weighted by atomic mass is 35.5. The van der Waals surface area contributed by atoms with Crippen LogP contribution in [0.4, 0.5) is 29.1 Å². The molecular formula is C19H14ClF4N5O. The van der Waals surface area contributed by atoms with Crippen molar-refractivity contribution in [2.45, 2.75) is 24.7 Å². The van der Waals surface area contributed by atoms with Crippen molar-refractivity contribution in [3.8, 4) is 0 Å². The summed E-state index contributed by atoms with van der Waals surface area (Å²) in [7, 11) is 0. The van der Waals surface area contributed by atoms with Crippen LogP contribution in [-0.4, -0.2) is 26.8 Å². The van der Waals surface area contributed by atoms with E-state index in [2.05, 4.69) is 20.7 Å². The maximum Gasteiger partial charge on any atom is 0.410 e. The minimum absolute atomic E-state index is 0.0281. The minimum atomic E-state index is -4.60. The second-order valence-corrected chi connectivity index (χ2v) is 7.05. The van der Waals surface area contributed by atoms with Crippen molar-refractivity contribution >= 4 is 29.0 Å². The molecule has 0 aliphatic carbocycles. The Balaban J connectivity index is 1.65. The molecule has 0 fully saturated rings. The fourth-order valence-corrected chi connectivity index (χ4v) is 3.43. The minimum Gasteiger partial charge on any atom is -0.363 e. The molecule has 1 aliphatic heterocycles. The molecule has 0 radical (unpaired) electrons. The third-order valence-corrected chi connectivity index (χ3v) is 5.00. The first-order chi connectivity index (χ1) is 14.2. The van der Waals surface area contributed by atoms with E-state index < -0.39 is 30.0 Å². The number of alkyl halides is 3. The number of aromatic nitrogens is 3. The molecule has 1 aliphatic rings. The van der Waals surface area contributed by atoms with Gasteiger partial charge in [-0.3, -0.25) is 4.79 Å². The van der Waals surface area contributed by atoms with Gasteiger partial charge in [-0.2, -0.15) is 18.3 Å². The first kappa shape index (κ1) is 20.1. The van der Waals surface area contributed by atoms with Gasteiger partial charge in [0.2, 0.25) is 0 Å². The maximum atomic E-state index is 13.7.